The van der Waals surface area contributed by atoms with Crippen molar-refractivity contribution in [3.63, 3.8) is 0 Å². The molecule has 1 amide bonds. The van der Waals surface area contributed by atoms with Gasteiger partial charge in [0.2, 0.25) is 5.91 Å². The molecule has 0 saturated carbocycles. The second-order valence-electron chi connectivity index (χ2n) is 5.92. The molecular weight excluding hydrogens is 319 g/mol. The Balaban J connectivity index is 1.89. The predicted octanol–water partition coefficient (Wildman–Crippen LogP) is 1.84. The average molecular weight is 334 g/mol. The van der Waals surface area contributed by atoms with Crippen molar-refractivity contribution in [2.45, 2.75) is 32.5 Å². The third-order valence-electron chi connectivity index (χ3n) is 3.56. The van der Waals surface area contributed by atoms with Crippen LogP contribution in [-0.2, 0) is 30.3 Å². The number of hydrogen-bond acceptors (Lipinski definition) is 6. The Bertz CT molecular complexity index is 763. The van der Waals surface area contributed by atoms with Crippen LogP contribution in [-0.4, -0.2) is 23.6 Å². The lowest BCUT2D eigenvalue weighted by atomic mass is 10.0. The molecule has 0 atom stereocenters. The maximum absolute atomic E-state index is 13.7. The van der Waals surface area contributed by atoms with Crippen LogP contribution in [0.5, 0.6) is 0 Å². The number of hydrogen-bond donors (Lipinski definition) is 2. The zero-order valence-electron chi connectivity index (χ0n) is 13.1. The summed E-state index contributed by atoms with van der Waals surface area (Å²) < 4.78 is 23.6. The van der Waals surface area contributed by atoms with E-state index >= 15 is 0 Å². The number of cyclic esters (lactones) is 2. The SMILES string of the molecule is CC1(C)OC(=O)C(=CNc2cc(F)cc3c2NC(=O)CC3)C(=O)O1. The maximum atomic E-state index is 13.7. The van der Waals surface area contributed by atoms with Crippen molar-refractivity contribution in [3.8, 4) is 0 Å². The minimum absolute atomic E-state index is 0.192. The van der Waals surface area contributed by atoms with Gasteiger partial charge in [0.1, 0.15) is 5.82 Å². The molecule has 1 aromatic rings. The number of esters is 2. The normalized spacial score (nSPS) is 19.0. The molecule has 0 spiro atoms. The number of anilines is 2. The lowest BCUT2D eigenvalue weighted by Crippen LogP contribution is -2.42. The van der Waals surface area contributed by atoms with Gasteiger partial charge in [-0.15, -0.1) is 0 Å². The largest absolute Gasteiger partial charge is 0.419 e. The Morgan fingerprint density at radius 2 is 1.83 bits per heavy atom. The van der Waals surface area contributed by atoms with Gasteiger partial charge >= 0.3 is 11.9 Å². The van der Waals surface area contributed by atoms with Crippen molar-refractivity contribution in [2.24, 2.45) is 0 Å². The van der Waals surface area contributed by atoms with Crippen molar-refractivity contribution < 1.29 is 28.2 Å². The van der Waals surface area contributed by atoms with Gasteiger partial charge in [-0.25, -0.2) is 14.0 Å². The van der Waals surface area contributed by atoms with Gasteiger partial charge in [0.05, 0.1) is 11.4 Å². The summed E-state index contributed by atoms with van der Waals surface area (Å²) in [5, 5.41) is 5.32. The van der Waals surface area contributed by atoms with Crippen LogP contribution in [0.3, 0.4) is 0 Å². The van der Waals surface area contributed by atoms with Crippen molar-refractivity contribution in [1.29, 1.82) is 0 Å². The third-order valence-corrected chi connectivity index (χ3v) is 3.56. The molecule has 1 aromatic carbocycles. The molecule has 0 aliphatic carbocycles. The van der Waals surface area contributed by atoms with Gasteiger partial charge in [0.15, 0.2) is 5.57 Å². The summed E-state index contributed by atoms with van der Waals surface area (Å²) in [5.74, 6) is -3.72. The van der Waals surface area contributed by atoms with E-state index in [1.165, 1.54) is 19.9 Å². The van der Waals surface area contributed by atoms with Crippen LogP contribution >= 0.6 is 0 Å². The first-order valence-electron chi connectivity index (χ1n) is 7.31. The predicted molar refractivity (Wildman–Crippen MR) is 81.3 cm³/mol. The van der Waals surface area contributed by atoms with E-state index in [9.17, 15) is 18.8 Å². The highest BCUT2D eigenvalue weighted by Crippen LogP contribution is 2.32. The molecule has 0 bridgehead atoms. The van der Waals surface area contributed by atoms with Gasteiger partial charge < -0.3 is 20.1 Å². The highest BCUT2D eigenvalue weighted by molar-refractivity contribution is 6.15. The number of nitrogens with one attached hydrogen (secondary N) is 2. The van der Waals surface area contributed by atoms with Gasteiger partial charge in [-0.2, -0.15) is 0 Å². The van der Waals surface area contributed by atoms with E-state index in [4.69, 9.17) is 9.47 Å². The smallest absolute Gasteiger partial charge is 0.350 e. The molecule has 2 aliphatic rings. The van der Waals surface area contributed by atoms with E-state index in [0.717, 1.165) is 12.3 Å². The Labute approximate surface area is 136 Å². The van der Waals surface area contributed by atoms with Crippen LogP contribution in [0.15, 0.2) is 23.9 Å². The summed E-state index contributed by atoms with van der Waals surface area (Å²) in [5.41, 5.74) is 0.929. The molecule has 0 radical (unpaired) electrons. The third kappa shape index (κ3) is 3.08. The number of aryl methyl sites for hydroxylation is 1. The summed E-state index contributed by atoms with van der Waals surface area (Å²) in [6.45, 7) is 2.87. The first kappa shape index (κ1) is 16.0. The summed E-state index contributed by atoms with van der Waals surface area (Å²) >= 11 is 0. The van der Waals surface area contributed by atoms with E-state index in [-0.39, 0.29) is 23.6 Å². The van der Waals surface area contributed by atoms with Crippen LogP contribution in [0.25, 0.3) is 0 Å². The number of ether oxygens (including phenoxy) is 2. The lowest BCUT2D eigenvalue weighted by Gasteiger charge is -2.29. The zero-order chi connectivity index (χ0) is 17.5. The molecule has 1 fully saturated rings. The number of benzene rings is 1. The van der Waals surface area contributed by atoms with Gasteiger partial charge in [0.25, 0.3) is 5.79 Å². The van der Waals surface area contributed by atoms with Gasteiger partial charge in [-0.3, -0.25) is 4.79 Å². The Hall–Kier alpha value is -2.90. The molecule has 126 valence electrons. The van der Waals surface area contributed by atoms with E-state index in [2.05, 4.69) is 10.6 Å². The van der Waals surface area contributed by atoms with Crippen LogP contribution in [0, 0.1) is 5.82 Å². The summed E-state index contributed by atoms with van der Waals surface area (Å²) in [6.07, 6.45) is 1.75. The molecule has 2 heterocycles. The number of amides is 1. The van der Waals surface area contributed by atoms with Gasteiger partial charge in [0, 0.05) is 26.5 Å². The highest BCUT2D eigenvalue weighted by atomic mass is 19.1. The first-order valence-corrected chi connectivity index (χ1v) is 7.31. The molecule has 7 nitrogen and oxygen atoms in total. The average Bonchev–Trinajstić information content (AvgIpc) is 2.45. The van der Waals surface area contributed by atoms with Crippen LogP contribution < -0.4 is 10.6 Å². The minimum Gasteiger partial charge on any atom is -0.419 e. The van der Waals surface area contributed by atoms with Gasteiger partial charge in [-0.05, 0) is 24.1 Å². The van der Waals surface area contributed by atoms with E-state index in [1.807, 2.05) is 0 Å². The summed E-state index contributed by atoms with van der Waals surface area (Å²) in [7, 11) is 0. The molecule has 24 heavy (non-hydrogen) atoms. The number of carbonyl (C=O) groups is 3. The second kappa shape index (κ2) is 5.63. The van der Waals surface area contributed by atoms with Crippen molar-refractivity contribution in [2.75, 3.05) is 10.6 Å². The second-order valence-corrected chi connectivity index (χ2v) is 5.92. The number of carbonyl (C=O) groups excluding carboxylic acids is 3. The molecule has 0 aromatic heterocycles. The first-order chi connectivity index (χ1) is 11.2. The van der Waals surface area contributed by atoms with Gasteiger partial charge in [-0.1, -0.05) is 0 Å². The van der Waals surface area contributed by atoms with E-state index in [1.54, 1.807) is 0 Å². The Morgan fingerprint density at radius 3 is 2.50 bits per heavy atom. The topological polar surface area (TPSA) is 93.7 Å². The Morgan fingerprint density at radius 1 is 1.17 bits per heavy atom. The standard InChI is InChI=1S/C16H15FN2O5/c1-16(2)23-14(21)10(15(22)24-16)7-18-11-6-9(17)5-8-3-4-12(20)19-13(8)11/h5-7,18H,3-4H2,1-2H3,(H,19,20). The Kier molecular flexibility index (Phi) is 3.75. The van der Waals surface area contributed by atoms with E-state index < -0.39 is 23.5 Å². The van der Waals surface area contributed by atoms with Crippen molar-refractivity contribution in [1.82, 2.24) is 0 Å². The highest BCUT2D eigenvalue weighted by Gasteiger charge is 2.39. The molecule has 0 unspecified atom stereocenters. The van der Waals surface area contributed by atoms with Crippen LogP contribution in [0.4, 0.5) is 15.8 Å². The van der Waals surface area contributed by atoms with Crippen LogP contribution in [0.2, 0.25) is 0 Å². The molecule has 1 saturated heterocycles. The maximum Gasteiger partial charge on any atom is 0.350 e. The molecule has 8 heteroatoms. The van der Waals surface area contributed by atoms with E-state index in [0.29, 0.717) is 17.7 Å². The lowest BCUT2D eigenvalue weighted by molar-refractivity contribution is -0.222. The summed E-state index contributed by atoms with van der Waals surface area (Å²) in [6, 6.07) is 2.49. The molecule has 3 rings (SSSR count). The summed E-state index contributed by atoms with van der Waals surface area (Å²) in [4.78, 5) is 35.3. The monoisotopic (exact) mass is 334 g/mol. The molecule has 2 aliphatic heterocycles. The number of rotatable bonds is 2. The molecular formula is C16H15FN2O5. The van der Waals surface area contributed by atoms with Crippen molar-refractivity contribution >= 4 is 29.2 Å². The fourth-order valence-electron chi connectivity index (χ4n) is 2.50. The quantitative estimate of drug-likeness (QED) is 0.487. The van der Waals surface area contributed by atoms with Crippen molar-refractivity contribution in [3.05, 3.63) is 35.3 Å². The fourth-order valence-corrected chi connectivity index (χ4v) is 2.50. The van der Waals surface area contributed by atoms with Crippen LogP contribution in [0.1, 0.15) is 25.8 Å². The molecule has 2 N–H and O–H groups in total. The number of fused-ring (bicyclic) bond motifs is 1. The minimum atomic E-state index is -1.34. The number of halogens is 1. The zero-order valence-corrected chi connectivity index (χ0v) is 13.1. The fraction of sp³-hybridized carbons (Fsp3) is 0.312.